The van der Waals surface area contributed by atoms with Crippen molar-refractivity contribution in [2.45, 2.75) is 38.5 Å². The summed E-state index contributed by atoms with van der Waals surface area (Å²) in [6.07, 6.45) is 0. The molecule has 0 spiro atoms. The van der Waals surface area contributed by atoms with Crippen molar-refractivity contribution in [3.05, 3.63) is 192 Å². The number of anilines is 6. The van der Waals surface area contributed by atoms with E-state index in [1.807, 2.05) is 0 Å². The molecule has 0 amide bonds. The molecule has 2 aliphatic carbocycles. The van der Waals surface area contributed by atoms with E-state index in [9.17, 15) is 0 Å². The second kappa shape index (κ2) is 11.2. The Balaban J connectivity index is 1.35. The molecule has 2 heteroatoms. The molecule has 0 saturated carbocycles. The normalized spacial score (nSPS) is 14.5. The third-order valence-electron chi connectivity index (χ3n) is 11.7. The average Bonchev–Trinajstić information content (AvgIpc) is 3.18. The fraction of sp³-hybridized carbons (Fsp3) is 0.120. The fourth-order valence-electron chi connectivity index (χ4n) is 9.30. The Morgan fingerprint density at radius 2 is 0.692 bits per heavy atom. The molecule has 0 radical (unpaired) electrons. The van der Waals surface area contributed by atoms with Gasteiger partial charge in [-0.1, -0.05) is 137 Å². The minimum Gasteiger partial charge on any atom is -0.310 e. The van der Waals surface area contributed by atoms with Crippen molar-refractivity contribution in [2.24, 2.45) is 0 Å². The summed E-state index contributed by atoms with van der Waals surface area (Å²) in [7, 11) is 0. The Morgan fingerprint density at radius 3 is 1.08 bits per heavy atom. The van der Waals surface area contributed by atoms with E-state index in [-0.39, 0.29) is 10.8 Å². The monoisotopic (exact) mass is 668 g/mol. The van der Waals surface area contributed by atoms with Gasteiger partial charge < -0.3 is 9.80 Å². The molecule has 8 aromatic carbocycles. The van der Waals surface area contributed by atoms with E-state index < -0.39 is 0 Å². The van der Waals surface area contributed by atoms with Crippen LogP contribution in [0.1, 0.15) is 49.9 Å². The molecule has 0 fully saturated rings. The standard InChI is InChI=1S/C50H40N2/c1-49(2)40-29-17-27-38-44(40)47-45-39(48(38)52(35-23-13-7-14-24-35)36-25-15-8-16-26-36)28-18-30-41(45)50(3,4)43-32-37(31-42(49)46(43)47)51(33-19-9-5-10-20-33)34-21-11-6-12-22-34/h5-32H,1-4H3. The third-order valence-corrected chi connectivity index (χ3v) is 11.7. The Morgan fingerprint density at radius 1 is 0.327 bits per heavy atom. The van der Waals surface area contributed by atoms with E-state index >= 15 is 0 Å². The van der Waals surface area contributed by atoms with Gasteiger partial charge in [-0.15, -0.1) is 0 Å². The minimum atomic E-state index is -0.261. The Hall–Kier alpha value is -6.12. The second-order valence-corrected chi connectivity index (χ2v) is 15.4. The summed E-state index contributed by atoms with van der Waals surface area (Å²) >= 11 is 0. The zero-order chi connectivity index (χ0) is 35.2. The average molecular weight is 669 g/mol. The quantitative estimate of drug-likeness (QED) is 0.163. The van der Waals surface area contributed by atoms with Gasteiger partial charge in [-0.05, 0) is 105 Å². The van der Waals surface area contributed by atoms with Crippen molar-refractivity contribution in [3.8, 4) is 11.1 Å². The summed E-state index contributed by atoms with van der Waals surface area (Å²) in [4.78, 5) is 4.91. The van der Waals surface area contributed by atoms with E-state index in [1.165, 1.54) is 66.3 Å². The maximum Gasteiger partial charge on any atom is 0.0619 e. The highest BCUT2D eigenvalue weighted by Crippen LogP contribution is 2.62. The lowest BCUT2D eigenvalue weighted by Crippen LogP contribution is -2.31. The van der Waals surface area contributed by atoms with Gasteiger partial charge in [0.1, 0.15) is 0 Å². The van der Waals surface area contributed by atoms with E-state index in [4.69, 9.17) is 0 Å². The molecule has 0 aliphatic heterocycles. The summed E-state index contributed by atoms with van der Waals surface area (Å²) in [5, 5.41) is 5.32. The molecule has 0 bridgehead atoms. The minimum absolute atomic E-state index is 0.261. The first kappa shape index (κ1) is 30.7. The van der Waals surface area contributed by atoms with E-state index in [1.54, 1.807) is 0 Å². The van der Waals surface area contributed by atoms with Crippen LogP contribution in [0.4, 0.5) is 34.1 Å². The highest BCUT2D eigenvalue weighted by atomic mass is 15.1. The molecular weight excluding hydrogens is 629 g/mol. The lowest BCUT2D eigenvalue weighted by Gasteiger charge is -2.45. The van der Waals surface area contributed by atoms with Crippen LogP contribution in [0.5, 0.6) is 0 Å². The van der Waals surface area contributed by atoms with Crippen molar-refractivity contribution in [3.63, 3.8) is 0 Å². The predicted octanol–water partition coefficient (Wildman–Crippen LogP) is 13.9. The van der Waals surface area contributed by atoms with Crippen molar-refractivity contribution in [1.82, 2.24) is 0 Å². The number of rotatable bonds is 6. The van der Waals surface area contributed by atoms with E-state index in [2.05, 4.69) is 207 Å². The summed E-state index contributed by atoms with van der Waals surface area (Å²) in [6, 6.07) is 62.4. The van der Waals surface area contributed by atoms with E-state index in [0.717, 1.165) is 22.7 Å². The van der Waals surface area contributed by atoms with Crippen LogP contribution in [0, 0.1) is 0 Å². The van der Waals surface area contributed by atoms with Gasteiger partial charge in [0.05, 0.1) is 5.69 Å². The summed E-state index contributed by atoms with van der Waals surface area (Å²) in [5.74, 6) is 0. The predicted molar refractivity (Wildman–Crippen MR) is 221 cm³/mol. The van der Waals surface area contributed by atoms with Gasteiger partial charge in [-0.2, -0.15) is 0 Å². The number of para-hydroxylation sites is 4. The first-order valence-corrected chi connectivity index (χ1v) is 18.4. The Labute approximate surface area is 306 Å². The topological polar surface area (TPSA) is 6.48 Å². The number of hydrogen-bond donors (Lipinski definition) is 0. The molecule has 52 heavy (non-hydrogen) atoms. The maximum atomic E-state index is 2.49. The summed E-state index contributed by atoms with van der Waals surface area (Å²) < 4.78 is 0. The van der Waals surface area contributed by atoms with Crippen LogP contribution in [0.25, 0.3) is 32.7 Å². The zero-order valence-corrected chi connectivity index (χ0v) is 30.1. The van der Waals surface area contributed by atoms with Crippen molar-refractivity contribution in [1.29, 1.82) is 0 Å². The van der Waals surface area contributed by atoms with Gasteiger partial charge >= 0.3 is 0 Å². The zero-order valence-electron chi connectivity index (χ0n) is 30.1. The molecule has 0 aromatic heterocycles. The van der Waals surface area contributed by atoms with Crippen molar-refractivity contribution >= 4 is 55.7 Å². The SMILES string of the molecule is CC1(C)c2cc(N(c3ccccc3)c3ccccc3)cc3c2-c2c4c1cccc4c(N(c1ccccc1)c1ccccc1)c1cccc(c21)C3(C)C. The Bertz CT molecular complexity index is 2480. The van der Waals surface area contributed by atoms with Crippen LogP contribution in [0.3, 0.4) is 0 Å². The Kier molecular flexibility index (Phi) is 6.60. The van der Waals surface area contributed by atoms with Gasteiger partial charge in [0.2, 0.25) is 0 Å². The fourth-order valence-corrected chi connectivity index (χ4v) is 9.30. The smallest absolute Gasteiger partial charge is 0.0619 e. The molecule has 10 rings (SSSR count). The lowest BCUT2D eigenvalue weighted by molar-refractivity contribution is 0.619. The molecule has 8 aromatic rings. The van der Waals surface area contributed by atoms with Gasteiger partial charge in [-0.3, -0.25) is 0 Å². The van der Waals surface area contributed by atoms with Gasteiger partial charge in [-0.25, -0.2) is 0 Å². The second-order valence-electron chi connectivity index (χ2n) is 15.4. The van der Waals surface area contributed by atoms with Gasteiger partial charge in [0.15, 0.2) is 0 Å². The van der Waals surface area contributed by atoms with E-state index in [0.29, 0.717) is 0 Å². The highest BCUT2D eigenvalue weighted by molar-refractivity contribution is 6.26. The van der Waals surface area contributed by atoms with Crippen LogP contribution in [0.2, 0.25) is 0 Å². The molecule has 250 valence electrons. The molecule has 0 unspecified atom stereocenters. The number of nitrogens with zero attached hydrogens (tertiary/aromatic N) is 2. The first-order valence-electron chi connectivity index (χ1n) is 18.4. The number of hydrogen-bond acceptors (Lipinski definition) is 2. The van der Waals surface area contributed by atoms with Crippen LogP contribution in [-0.4, -0.2) is 0 Å². The van der Waals surface area contributed by atoms with Gasteiger partial charge in [0, 0.05) is 50.0 Å². The van der Waals surface area contributed by atoms with Crippen molar-refractivity contribution in [2.75, 3.05) is 9.80 Å². The molecule has 0 atom stereocenters. The molecule has 0 heterocycles. The van der Waals surface area contributed by atoms with Crippen LogP contribution in [0.15, 0.2) is 170 Å². The van der Waals surface area contributed by atoms with Crippen LogP contribution in [-0.2, 0) is 10.8 Å². The summed E-state index contributed by atoms with van der Waals surface area (Å²) in [6.45, 7) is 9.73. The van der Waals surface area contributed by atoms with Gasteiger partial charge in [0.25, 0.3) is 0 Å². The molecule has 2 nitrogen and oxygen atoms in total. The highest BCUT2D eigenvalue weighted by Gasteiger charge is 2.44. The molecule has 2 aliphatic rings. The van der Waals surface area contributed by atoms with Crippen LogP contribution < -0.4 is 9.80 Å². The molecular formula is C50H40N2. The molecule has 0 saturated heterocycles. The maximum absolute atomic E-state index is 2.49. The third kappa shape index (κ3) is 4.24. The first-order chi connectivity index (χ1) is 25.4. The lowest BCUT2D eigenvalue weighted by atomic mass is 9.59. The van der Waals surface area contributed by atoms with Crippen molar-refractivity contribution < 1.29 is 0 Å². The number of benzene rings is 8. The largest absolute Gasteiger partial charge is 0.310 e. The summed E-state index contributed by atoms with van der Waals surface area (Å²) in [5.41, 5.74) is 14.8. The molecule has 0 N–H and O–H groups in total. The van der Waals surface area contributed by atoms with Crippen LogP contribution >= 0.6 is 0 Å².